The highest BCUT2D eigenvalue weighted by Crippen LogP contribution is 2.36. The fourth-order valence-corrected chi connectivity index (χ4v) is 3.05. The first-order valence-corrected chi connectivity index (χ1v) is 7.29. The molecule has 0 aromatic rings. The van der Waals surface area contributed by atoms with E-state index in [2.05, 4.69) is 17.1 Å². The molecule has 1 aliphatic carbocycles. The monoisotopic (exact) mass is 240 g/mol. The summed E-state index contributed by atoms with van der Waals surface area (Å²) >= 11 is 0. The average molecular weight is 240 g/mol. The summed E-state index contributed by atoms with van der Waals surface area (Å²) in [6, 6.07) is 0. The Balaban J connectivity index is 1.48. The van der Waals surface area contributed by atoms with E-state index in [0.717, 1.165) is 26.3 Å². The van der Waals surface area contributed by atoms with Gasteiger partial charge in [-0.05, 0) is 37.8 Å². The van der Waals surface area contributed by atoms with Gasteiger partial charge in [0.1, 0.15) is 0 Å². The minimum atomic E-state index is 0.596. The van der Waals surface area contributed by atoms with Crippen molar-refractivity contribution in [2.45, 2.75) is 39.0 Å². The highest BCUT2D eigenvalue weighted by molar-refractivity contribution is 4.82. The maximum absolute atomic E-state index is 5.35. The summed E-state index contributed by atoms with van der Waals surface area (Å²) in [7, 11) is 0. The van der Waals surface area contributed by atoms with E-state index in [1.165, 1.54) is 51.7 Å². The lowest BCUT2D eigenvalue weighted by Gasteiger charge is -2.27. The summed E-state index contributed by atoms with van der Waals surface area (Å²) in [5.74, 6) is 0. The smallest absolute Gasteiger partial charge is 0.0594 e. The van der Waals surface area contributed by atoms with Crippen LogP contribution in [-0.4, -0.2) is 50.8 Å². The van der Waals surface area contributed by atoms with Gasteiger partial charge in [-0.1, -0.05) is 19.8 Å². The Morgan fingerprint density at radius 3 is 2.59 bits per heavy atom. The summed E-state index contributed by atoms with van der Waals surface area (Å²) in [5.41, 5.74) is 0.596. The highest BCUT2D eigenvalue weighted by Gasteiger charge is 2.27. The third-order valence-corrected chi connectivity index (χ3v) is 4.29. The lowest BCUT2D eigenvalue weighted by Crippen LogP contribution is -2.38. The molecule has 0 radical (unpaired) electrons. The molecule has 0 bridgehead atoms. The van der Waals surface area contributed by atoms with Crippen LogP contribution in [0.4, 0.5) is 0 Å². The van der Waals surface area contributed by atoms with Crippen LogP contribution in [0.15, 0.2) is 0 Å². The third-order valence-electron chi connectivity index (χ3n) is 4.29. The van der Waals surface area contributed by atoms with E-state index >= 15 is 0 Å². The SMILES string of the molecule is CC1(CNCCCN2CCOCC2)CCCC1. The first-order valence-electron chi connectivity index (χ1n) is 7.29. The van der Waals surface area contributed by atoms with Crippen LogP contribution >= 0.6 is 0 Å². The van der Waals surface area contributed by atoms with Gasteiger partial charge in [0.15, 0.2) is 0 Å². The molecule has 1 heterocycles. The van der Waals surface area contributed by atoms with Gasteiger partial charge in [0.2, 0.25) is 0 Å². The van der Waals surface area contributed by atoms with Gasteiger partial charge >= 0.3 is 0 Å². The summed E-state index contributed by atoms with van der Waals surface area (Å²) in [6.07, 6.45) is 6.99. The Kier molecular flexibility index (Phi) is 5.26. The van der Waals surface area contributed by atoms with Crippen molar-refractivity contribution < 1.29 is 4.74 Å². The average Bonchev–Trinajstić information content (AvgIpc) is 2.77. The summed E-state index contributed by atoms with van der Waals surface area (Å²) < 4.78 is 5.35. The molecule has 3 heteroatoms. The lowest BCUT2D eigenvalue weighted by molar-refractivity contribution is 0.0374. The number of hydrogen-bond donors (Lipinski definition) is 1. The standard InChI is InChI=1S/C14H28N2O/c1-14(5-2-3-6-14)13-15-7-4-8-16-9-11-17-12-10-16/h15H,2-13H2,1H3. The predicted molar refractivity (Wildman–Crippen MR) is 71.3 cm³/mol. The Hall–Kier alpha value is -0.120. The van der Waals surface area contributed by atoms with E-state index in [9.17, 15) is 0 Å². The Morgan fingerprint density at radius 1 is 1.18 bits per heavy atom. The second-order valence-corrected chi connectivity index (χ2v) is 6.00. The number of ether oxygens (including phenoxy) is 1. The first-order chi connectivity index (χ1) is 8.29. The van der Waals surface area contributed by atoms with Gasteiger partial charge in [-0.2, -0.15) is 0 Å². The van der Waals surface area contributed by atoms with E-state index in [1.807, 2.05) is 0 Å². The van der Waals surface area contributed by atoms with Crippen LogP contribution in [0.25, 0.3) is 0 Å². The van der Waals surface area contributed by atoms with E-state index in [0.29, 0.717) is 5.41 Å². The molecule has 1 saturated carbocycles. The van der Waals surface area contributed by atoms with Gasteiger partial charge in [0.25, 0.3) is 0 Å². The van der Waals surface area contributed by atoms with Crippen molar-refractivity contribution in [1.29, 1.82) is 0 Å². The molecule has 0 spiro atoms. The minimum Gasteiger partial charge on any atom is -0.379 e. The fourth-order valence-electron chi connectivity index (χ4n) is 3.05. The van der Waals surface area contributed by atoms with Crippen molar-refractivity contribution in [2.24, 2.45) is 5.41 Å². The number of rotatable bonds is 6. The van der Waals surface area contributed by atoms with E-state index in [1.54, 1.807) is 0 Å². The first kappa shape index (κ1) is 13.3. The van der Waals surface area contributed by atoms with Gasteiger partial charge in [-0.3, -0.25) is 4.90 Å². The molecule has 1 aliphatic heterocycles. The molecule has 1 N–H and O–H groups in total. The van der Waals surface area contributed by atoms with Crippen LogP contribution in [0.2, 0.25) is 0 Å². The molecule has 2 fully saturated rings. The molecule has 2 aliphatic rings. The second-order valence-electron chi connectivity index (χ2n) is 6.00. The molecule has 3 nitrogen and oxygen atoms in total. The predicted octanol–water partition coefficient (Wildman–Crippen LogP) is 1.88. The summed E-state index contributed by atoms with van der Waals surface area (Å²) in [5, 5.41) is 3.65. The minimum absolute atomic E-state index is 0.596. The normalized spacial score (nSPS) is 25.2. The van der Waals surface area contributed by atoms with Crippen molar-refractivity contribution in [3.63, 3.8) is 0 Å². The Labute approximate surface area is 106 Å². The molecule has 0 unspecified atom stereocenters. The quantitative estimate of drug-likeness (QED) is 0.717. The summed E-state index contributed by atoms with van der Waals surface area (Å²) in [6.45, 7) is 10.2. The second kappa shape index (κ2) is 6.72. The number of nitrogens with one attached hydrogen (secondary N) is 1. The maximum atomic E-state index is 5.35. The Bertz CT molecular complexity index is 208. The van der Waals surface area contributed by atoms with Crippen molar-refractivity contribution in [3.05, 3.63) is 0 Å². The fraction of sp³-hybridized carbons (Fsp3) is 1.00. The van der Waals surface area contributed by atoms with Crippen LogP contribution < -0.4 is 5.32 Å². The van der Waals surface area contributed by atoms with E-state index < -0.39 is 0 Å². The lowest BCUT2D eigenvalue weighted by atomic mass is 9.89. The van der Waals surface area contributed by atoms with Gasteiger partial charge in [0.05, 0.1) is 13.2 Å². The molecule has 0 atom stereocenters. The van der Waals surface area contributed by atoms with Gasteiger partial charge in [-0.15, -0.1) is 0 Å². The molecular formula is C14H28N2O. The number of nitrogens with zero attached hydrogens (tertiary/aromatic N) is 1. The number of hydrogen-bond acceptors (Lipinski definition) is 3. The maximum Gasteiger partial charge on any atom is 0.0594 e. The molecular weight excluding hydrogens is 212 g/mol. The topological polar surface area (TPSA) is 24.5 Å². The zero-order valence-electron chi connectivity index (χ0n) is 11.3. The van der Waals surface area contributed by atoms with Gasteiger partial charge in [0, 0.05) is 19.6 Å². The van der Waals surface area contributed by atoms with Crippen LogP contribution in [0.1, 0.15) is 39.0 Å². The van der Waals surface area contributed by atoms with Crippen LogP contribution in [-0.2, 0) is 4.74 Å². The molecule has 17 heavy (non-hydrogen) atoms. The van der Waals surface area contributed by atoms with Crippen LogP contribution in [0.5, 0.6) is 0 Å². The number of morpholine rings is 1. The van der Waals surface area contributed by atoms with Crippen molar-refractivity contribution in [3.8, 4) is 0 Å². The highest BCUT2D eigenvalue weighted by atomic mass is 16.5. The Morgan fingerprint density at radius 2 is 1.88 bits per heavy atom. The van der Waals surface area contributed by atoms with Crippen molar-refractivity contribution >= 4 is 0 Å². The van der Waals surface area contributed by atoms with Crippen LogP contribution in [0, 0.1) is 5.41 Å². The third kappa shape index (κ3) is 4.57. The molecule has 2 rings (SSSR count). The molecule has 100 valence electrons. The van der Waals surface area contributed by atoms with E-state index in [-0.39, 0.29) is 0 Å². The zero-order chi connectivity index (χ0) is 12.0. The van der Waals surface area contributed by atoms with Crippen molar-refractivity contribution in [1.82, 2.24) is 10.2 Å². The van der Waals surface area contributed by atoms with E-state index in [4.69, 9.17) is 4.74 Å². The van der Waals surface area contributed by atoms with Gasteiger partial charge in [-0.25, -0.2) is 0 Å². The molecule has 0 aromatic carbocycles. The summed E-state index contributed by atoms with van der Waals surface area (Å²) in [4.78, 5) is 2.52. The van der Waals surface area contributed by atoms with Crippen molar-refractivity contribution in [2.75, 3.05) is 45.9 Å². The molecule has 1 saturated heterocycles. The van der Waals surface area contributed by atoms with Crippen LogP contribution in [0.3, 0.4) is 0 Å². The molecule has 0 aromatic heterocycles. The largest absolute Gasteiger partial charge is 0.379 e. The molecule has 0 amide bonds. The van der Waals surface area contributed by atoms with Gasteiger partial charge < -0.3 is 10.1 Å². The zero-order valence-corrected chi connectivity index (χ0v) is 11.3.